The Bertz CT molecular complexity index is 580. The van der Waals surface area contributed by atoms with E-state index in [1.165, 1.54) is 4.90 Å². The molecular formula is C16H23N5O2. The molecule has 2 fully saturated rings. The Kier molecular flexibility index (Phi) is 4.45. The molecule has 2 aliphatic rings. The number of carbonyl (C=O) groups excluding carboxylic acids is 2. The van der Waals surface area contributed by atoms with Gasteiger partial charge in [0.1, 0.15) is 5.82 Å². The largest absolute Gasteiger partial charge is 0.363 e. The van der Waals surface area contributed by atoms with Crippen LogP contribution in [0.15, 0.2) is 12.3 Å². The van der Waals surface area contributed by atoms with Gasteiger partial charge in [0.25, 0.3) is 0 Å². The van der Waals surface area contributed by atoms with E-state index in [4.69, 9.17) is 0 Å². The highest BCUT2D eigenvalue weighted by Crippen LogP contribution is 2.28. The molecule has 23 heavy (non-hydrogen) atoms. The van der Waals surface area contributed by atoms with Gasteiger partial charge >= 0.3 is 0 Å². The van der Waals surface area contributed by atoms with E-state index in [1.807, 2.05) is 25.1 Å². The lowest BCUT2D eigenvalue weighted by Crippen LogP contribution is -2.43. The molecule has 1 saturated heterocycles. The van der Waals surface area contributed by atoms with Crippen molar-refractivity contribution in [3.05, 3.63) is 12.3 Å². The van der Waals surface area contributed by atoms with Crippen molar-refractivity contribution in [2.45, 2.75) is 50.6 Å². The Balaban J connectivity index is 1.56. The van der Waals surface area contributed by atoms with Gasteiger partial charge in [-0.1, -0.05) is 0 Å². The summed E-state index contributed by atoms with van der Waals surface area (Å²) in [6, 6.07) is 2.23. The average Bonchev–Trinajstić information content (AvgIpc) is 2.87. The molecule has 2 amide bonds. The van der Waals surface area contributed by atoms with Crippen molar-refractivity contribution in [3.8, 4) is 0 Å². The molecule has 1 aliphatic carbocycles. The maximum atomic E-state index is 11.8. The predicted molar refractivity (Wildman–Crippen MR) is 87.1 cm³/mol. The highest BCUT2D eigenvalue weighted by atomic mass is 16.2. The van der Waals surface area contributed by atoms with Crippen molar-refractivity contribution < 1.29 is 9.59 Å². The van der Waals surface area contributed by atoms with E-state index in [-0.39, 0.29) is 23.9 Å². The van der Waals surface area contributed by atoms with E-state index in [0.29, 0.717) is 18.8 Å². The lowest BCUT2D eigenvalue weighted by molar-refractivity contribution is -0.141. The number of hydrogen-bond donors (Lipinski definition) is 1. The van der Waals surface area contributed by atoms with E-state index in [2.05, 4.69) is 15.3 Å². The minimum atomic E-state index is -0.00609. The first-order valence-corrected chi connectivity index (χ1v) is 8.16. The summed E-state index contributed by atoms with van der Waals surface area (Å²) in [7, 11) is 3.89. The van der Waals surface area contributed by atoms with Crippen LogP contribution in [0.4, 0.5) is 11.8 Å². The molecule has 1 aliphatic heterocycles. The molecule has 7 nitrogen and oxygen atoms in total. The number of rotatable bonds is 4. The smallest absolute Gasteiger partial charge is 0.229 e. The highest BCUT2D eigenvalue weighted by Gasteiger charge is 2.36. The van der Waals surface area contributed by atoms with Gasteiger partial charge in [-0.15, -0.1) is 0 Å². The maximum absolute atomic E-state index is 11.8. The molecule has 2 heterocycles. The summed E-state index contributed by atoms with van der Waals surface area (Å²) in [4.78, 5) is 35.8. The first-order chi connectivity index (χ1) is 11.0. The number of aromatic nitrogens is 2. The Labute approximate surface area is 136 Å². The summed E-state index contributed by atoms with van der Waals surface area (Å²) in [5, 5.41) is 3.37. The Morgan fingerprint density at radius 1 is 1.13 bits per heavy atom. The molecule has 0 bridgehead atoms. The molecule has 1 aromatic heterocycles. The number of hydrogen-bond acceptors (Lipinski definition) is 6. The van der Waals surface area contributed by atoms with Crippen LogP contribution in [0, 0.1) is 0 Å². The van der Waals surface area contributed by atoms with Crippen molar-refractivity contribution in [1.29, 1.82) is 0 Å². The quantitative estimate of drug-likeness (QED) is 0.846. The number of anilines is 2. The zero-order chi connectivity index (χ0) is 16.4. The second kappa shape index (κ2) is 6.52. The Morgan fingerprint density at radius 3 is 2.39 bits per heavy atom. The molecule has 3 rings (SSSR count). The molecule has 0 spiro atoms. The SMILES string of the molecule is CN(C)c1ccnc(NC2CCC(N3C(=O)CCC3=O)CC2)n1. The number of nitrogens with one attached hydrogen (secondary N) is 1. The normalized spacial score (nSPS) is 24.9. The lowest BCUT2D eigenvalue weighted by Gasteiger charge is -2.33. The van der Waals surface area contributed by atoms with Crippen molar-refractivity contribution >= 4 is 23.6 Å². The molecule has 1 N–H and O–H groups in total. The Hall–Kier alpha value is -2.18. The van der Waals surface area contributed by atoms with Crippen molar-refractivity contribution in [2.24, 2.45) is 0 Å². The van der Waals surface area contributed by atoms with Gasteiger partial charge in [-0.05, 0) is 31.7 Å². The van der Waals surface area contributed by atoms with Gasteiger partial charge in [0, 0.05) is 45.2 Å². The van der Waals surface area contributed by atoms with E-state index in [1.54, 1.807) is 6.20 Å². The molecular weight excluding hydrogens is 294 g/mol. The van der Waals surface area contributed by atoms with Crippen molar-refractivity contribution in [3.63, 3.8) is 0 Å². The van der Waals surface area contributed by atoms with Crippen LogP contribution in [-0.2, 0) is 9.59 Å². The monoisotopic (exact) mass is 317 g/mol. The summed E-state index contributed by atoms with van der Waals surface area (Å²) in [6.07, 6.45) is 6.03. The van der Waals surface area contributed by atoms with Crippen molar-refractivity contribution in [1.82, 2.24) is 14.9 Å². The van der Waals surface area contributed by atoms with Gasteiger partial charge in [-0.2, -0.15) is 4.98 Å². The van der Waals surface area contributed by atoms with Gasteiger partial charge in [-0.3, -0.25) is 14.5 Å². The van der Waals surface area contributed by atoms with E-state index >= 15 is 0 Å². The standard InChI is InChI=1S/C16H23N5O2/c1-20(2)13-9-10-17-16(19-13)18-11-3-5-12(6-4-11)21-14(22)7-8-15(21)23/h9-12H,3-8H2,1-2H3,(H,17,18,19). The third-order valence-corrected chi connectivity index (χ3v) is 4.58. The van der Waals surface area contributed by atoms with Crippen LogP contribution in [0.5, 0.6) is 0 Å². The second-order valence-electron chi connectivity index (χ2n) is 6.44. The zero-order valence-electron chi connectivity index (χ0n) is 13.7. The molecule has 1 saturated carbocycles. The van der Waals surface area contributed by atoms with Gasteiger partial charge in [0.15, 0.2) is 0 Å². The molecule has 7 heteroatoms. The summed E-state index contributed by atoms with van der Waals surface area (Å²) in [5.41, 5.74) is 0. The predicted octanol–water partition coefficient (Wildman–Crippen LogP) is 1.41. The van der Waals surface area contributed by atoms with Crippen LogP contribution in [0.1, 0.15) is 38.5 Å². The number of amides is 2. The maximum Gasteiger partial charge on any atom is 0.229 e. The van der Waals surface area contributed by atoms with Gasteiger partial charge in [0.05, 0.1) is 0 Å². The lowest BCUT2D eigenvalue weighted by atomic mass is 9.90. The van der Waals surface area contributed by atoms with Crippen LogP contribution in [-0.4, -0.2) is 52.9 Å². The zero-order valence-corrected chi connectivity index (χ0v) is 13.7. The number of imide groups is 1. The average molecular weight is 317 g/mol. The summed E-state index contributed by atoms with van der Waals surface area (Å²) >= 11 is 0. The molecule has 0 aromatic carbocycles. The van der Waals surface area contributed by atoms with Crippen LogP contribution in [0.2, 0.25) is 0 Å². The molecule has 124 valence electrons. The number of carbonyl (C=O) groups is 2. The topological polar surface area (TPSA) is 78.4 Å². The van der Waals surface area contributed by atoms with Crippen LogP contribution in [0.3, 0.4) is 0 Å². The van der Waals surface area contributed by atoms with Gasteiger partial charge < -0.3 is 10.2 Å². The third kappa shape index (κ3) is 3.43. The second-order valence-corrected chi connectivity index (χ2v) is 6.44. The Morgan fingerprint density at radius 2 is 1.78 bits per heavy atom. The van der Waals surface area contributed by atoms with Gasteiger partial charge in [0.2, 0.25) is 17.8 Å². The van der Waals surface area contributed by atoms with E-state index in [9.17, 15) is 9.59 Å². The molecule has 0 radical (unpaired) electrons. The fourth-order valence-corrected chi connectivity index (χ4v) is 3.33. The van der Waals surface area contributed by atoms with E-state index < -0.39 is 0 Å². The number of nitrogens with zero attached hydrogens (tertiary/aromatic N) is 4. The van der Waals surface area contributed by atoms with E-state index in [0.717, 1.165) is 31.5 Å². The first-order valence-electron chi connectivity index (χ1n) is 8.16. The van der Waals surface area contributed by atoms with Crippen LogP contribution in [0.25, 0.3) is 0 Å². The fourth-order valence-electron chi connectivity index (χ4n) is 3.33. The van der Waals surface area contributed by atoms with Crippen LogP contribution < -0.4 is 10.2 Å². The molecule has 0 atom stereocenters. The van der Waals surface area contributed by atoms with Crippen LogP contribution >= 0.6 is 0 Å². The summed E-state index contributed by atoms with van der Waals surface area (Å²) in [6.45, 7) is 0. The highest BCUT2D eigenvalue weighted by molar-refractivity contribution is 6.02. The summed E-state index contributed by atoms with van der Waals surface area (Å²) in [5.74, 6) is 1.49. The third-order valence-electron chi connectivity index (χ3n) is 4.58. The summed E-state index contributed by atoms with van der Waals surface area (Å²) < 4.78 is 0. The fraction of sp³-hybridized carbons (Fsp3) is 0.625. The molecule has 0 unspecified atom stereocenters. The molecule has 1 aromatic rings. The number of likely N-dealkylation sites (tertiary alicyclic amines) is 1. The minimum Gasteiger partial charge on any atom is -0.363 e. The van der Waals surface area contributed by atoms with Crippen molar-refractivity contribution in [2.75, 3.05) is 24.3 Å². The van der Waals surface area contributed by atoms with Gasteiger partial charge in [-0.25, -0.2) is 4.98 Å². The minimum absolute atomic E-state index is 0.00609. The first kappa shape index (κ1) is 15.7.